The summed E-state index contributed by atoms with van der Waals surface area (Å²) in [6.45, 7) is 3.51. The Hall–Kier alpha value is -2.37. The molecule has 116 valence electrons. The van der Waals surface area contributed by atoms with Crippen LogP contribution in [0.3, 0.4) is 0 Å². The molecule has 0 fully saturated rings. The molecule has 1 aliphatic rings. The van der Waals surface area contributed by atoms with Crippen LogP contribution in [0.1, 0.15) is 18.2 Å². The van der Waals surface area contributed by atoms with Gasteiger partial charge in [-0.3, -0.25) is 0 Å². The number of hydrogen-bond acceptors (Lipinski definition) is 5. The molecule has 1 aromatic heterocycles. The van der Waals surface area contributed by atoms with Crippen molar-refractivity contribution in [1.82, 2.24) is 9.97 Å². The summed E-state index contributed by atoms with van der Waals surface area (Å²) < 4.78 is 25.4. The standard InChI is InChI=1S/C16H18FN3O2/c1-3-12-15(17)16(19-10-18-12)20(2)9-11-4-5-13-14(8-11)22-7-6-21-13/h4-5,8,10H,3,6-7,9H2,1-2H3. The number of nitrogens with zero attached hydrogens (tertiary/aromatic N) is 3. The van der Waals surface area contributed by atoms with Crippen molar-refractivity contribution in [2.24, 2.45) is 0 Å². The van der Waals surface area contributed by atoms with Gasteiger partial charge in [-0.05, 0) is 24.1 Å². The van der Waals surface area contributed by atoms with Gasteiger partial charge in [0.25, 0.3) is 0 Å². The van der Waals surface area contributed by atoms with Gasteiger partial charge in [-0.15, -0.1) is 0 Å². The van der Waals surface area contributed by atoms with Crippen LogP contribution in [0.25, 0.3) is 0 Å². The Bertz CT molecular complexity index is 678. The van der Waals surface area contributed by atoms with Crippen LogP contribution in [0.2, 0.25) is 0 Å². The van der Waals surface area contributed by atoms with Crippen molar-refractivity contribution in [1.29, 1.82) is 0 Å². The molecule has 0 amide bonds. The van der Waals surface area contributed by atoms with Gasteiger partial charge in [0, 0.05) is 13.6 Å². The lowest BCUT2D eigenvalue weighted by atomic mass is 10.2. The van der Waals surface area contributed by atoms with E-state index < -0.39 is 0 Å². The molecule has 0 N–H and O–H groups in total. The normalized spacial score (nSPS) is 13.0. The van der Waals surface area contributed by atoms with E-state index >= 15 is 0 Å². The van der Waals surface area contributed by atoms with E-state index in [1.54, 1.807) is 4.90 Å². The second-order valence-electron chi connectivity index (χ2n) is 5.15. The molecule has 2 heterocycles. The second-order valence-corrected chi connectivity index (χ2v) is 5.15. The molecule has 0 bridgehead atoms. The summed E-state index contributed by atoms with van der Waals surface area (Å²) in [7, 11) is 1.81. The van der Waals surface area contributed by atoms with E-state index in [2.05, 4.69) is 9.97 Å². The molecule has 0 atom stereocenters. The van der Waals surface area contributed by atoms with E-state index in [1.165, 1.54) is 6.33 Å². The first-order valence-corrected chi connectivity index (χ1v) is 7.28. The van der Waals surface area contributed by atoms with E-state index in [0.29, 0.717) is 37.7 Å². The highest BCUT2D eigenvalue weighted by atomic mass is 19.1. The van der Waals surface area contributed by atoms with Gasteiger partial charge in [-0.2, -0.15) is 0 Å². The Balaban J connectivity index is 1.81. The number of rotatable bonds is 4. The molecule has 2 aromatic rings. The first-order valence-electron chi connectivity index (χ1n) is 7.28. The van der Waals surface area contributed by atoms with E-state index in [1.807, 2.05) is 32.2 Å². The summed E-state index contributed by atoms with van der Waals surface area (Å²) >= 11 is 0. The number of ether oxygens (including phenoxy) is 2. The Morgan fingerprint density at radius 1 is 1.18 bits per heavy atom. The zero-order valence-electron chi connectivity index (χ0n) is 12.7. The maximum absolute atomic E-state index is 14.3. The van der Waals surface area contributed by atoms with E-state index in [4.69, 9.17) is 9.47 Å². The SMILES string of the molecule is CCc1ncnc(N(C)Cc2ccc3c(c2)OCCO3)c1F. The zero-order valence-corrected chi connectivity index (χ0v) is 12.7. The number of aryl methyl sites for hydroxylation is 1. The molecule has 0 saturated heterocycles. The topological polar surface area (TPSA) is 47.5 Å². The predicted molar refractivity (Wildman–Crippen MR) is 80.9 cm³/mol. The van der Waals surface area contributed by atoms with Gasteiger partial charge in [0.2, 0.25) is 0 Å². The first-order chi connectivity index (χ1) is 10.7. The molecule has 0 unspecified atom stereocenters. The summed E-state index contributed by atoms with van der Waals surface area (Å²) in [4.78, 5) is 9.77. The number of anilines is 1. The quantitative estimate of drug-likeness (QED) is 0.869. The number of hydrogen-bond donors (Lipinski definition) is 0. The van der Waals surface area contributed by atoms with Crippen LogP contribution < -0.4 is 14.4 Å². The van der Waals surface area contributed by atoms with Crippen LogP contribution in [0, 0.1) is 5.82 Å². The van der Waals surface area contributed by atoms with Crippen molar-refractivity contribution < 1.29 is 13.9 Å². The van der Waals surface area contributed by atoms with Crippen molar-refractivity contribution in [2.75, 3.05) is 25.2 Å². The van der Waals surface area contributed by atoms with Gasteiger partial charge in [-0.1, -0.05) is 13.0 Å². The smallest absolute Gasteiger partial charge is 0.187 e. The third-order valence-corrected chi connectivity index (χ3v) is 3.57. The van der Waals surface area contributed by atoms with Crippen molar-refractivity contribution in [3.05, 3.63) is 41.6 Å². The molecule has 22 heavy (non-hydrogen) atoms. The van der Waals surface area contributed by atoms with Gasteiger partial charge in [0.15, 0.2) is 23.1 Å². The first kappa shape index (κ1) is 14.6. The fourth-order valence-electron chi connectivity index (χ4n) is 2.44. The fraction of sp³-hybridized carbons (Fsp3) is 0.375. The second kappa shape index (κ2) is 6.17. The summed E-state index contributed by atoms with van der Waals surface area (Å²) in [6, 6.07) is 5.75. The van der Waals surface area contributed by atoms with Crippen LogP contribution in [0.4, 0.5) is 10.2 Å². The van der Waals surface area contributed by atoms with Crippen molar-refractivity contribution >= 4 is 5.82 Å². The number of benzene rings is 1. The average Bonchev–Trinajstić information content (AvgIpc) is 2.55. The molecular formula is C16H18FN3O2. The minimum absolute atomic E-state index is 0.307. The lowest BCUT2D eigenvalue weighted by molar-refractivity contribution is 0.171. The summed E-state index contributed by atoms with van der Waals surface area (Å²) in [5.41, 5.74) is 1.43. The Kier molecular flexibility index (Phi) is 4.09. The van der Waals surface area contributed by atoms with E-state index in [9.17, 15) is 4.39 Å². The largest absolute Gasteiger partial charge is 0.486 e. The molecule has 1 aliphatic heterocycles. The predicted octanol–water partition coefficient (Wildman–Crippen LogP) is 2.59. The zero-order chi connectivity index (χ0) is 15.5. The van der Waals surface area contributed by atoms with Crippen LogP contribution in [-0.4, -0.2) is 30.2 Å². The molecule has 0 radical (unpaired) electrons. The maximum Gasteiger partial charge on any atom is 0.187 e. The average molecular weight is 303 g/mol. The molecule has 0 spiro atoms. The fourth-order valence-corrected chi connectivity index (χ4v) is 2.44. The monoisotopic (exact) mass is 303 g/mol. The highest BCUT2D eigenvalue weighted by molar-refractivity contribution is 5.46. The Morgan fingerprint density at radius 3 is 2.73 bits per heavy atom. The van der Waals surface area contributed by atoms with E-state index in [0.717, 1.165) is 17.1 Å². The molecule has 3 rings (SSSR count). The van der Waals surface area contributed by atoms with Crippen LogP contribution in [0.5, 0.6) is 11.5 Å². The molecule has 0 saturated carbocycles. The highest BCUT2D eigenvalue weighted by Crippen LogP contribution is 2.31. The summed E-state index contributed by atoms with van der Waals surface area (Å²) in [5.74, 6) is 1.43. The van der Waals surface area contributed by atoms with Gasteiger partial charge in [-0.25, -0.2) is 14.4 Å². The van der Waals surface area contributed by atoms with Gasteiger partial charge in [0.1, 0.15) is 19.5 Å². The number of halogens is 1. The van der Waals surface area contributed by atoms with Crippen molar-refractivity contribution in [2.45, 2.75) is 19.9 Å². The minimum Gasteiger partial charge on any atom is -0.486 e. The maximum atomic E-state index is 14.3. The third-order valence-electron chi connectivity index (χ3n) is 3.57. The van der Waals surface area contributed by atoms with Crippen molar-refractivity contribution in [3.8, 4) is 11.5 Å². The van der Waals surface area contributed by atoms with Crippen LogP contribution in [0.15, 0.2) is 24.5 Å². The van der Waals surface area contributed by atoms with Crippen molar-refractivity contribution in [3.63, 3.8) is 0 Å². The molecular weight excluding hydrogens is 285 g/mol. The van der Waals surface area contributed by atoms with Crippen LogP contribution in [-0.2, 0) is 13.0 Å². The minimum atomic E-state index is -0.356. The molecule has 1 aromatic carbocycles. The van der Waals surface area contributed by atoms with Crippen LogP contribution >= 0.6 is 0 Å². The lowest BCUT2D eigenvalue weighted by Crippen LogP contribution is -2.21. The highest BCUT2D eigenvalue weighted by Gasteiger charge is 2.16. The summed E-state index contributed by atoms with van der Waals surface area (Å²) in [5, 5.41) is 0. The summed E-state index contributed by atoms with van der Waals surface area (Å²) in [6.07, 6.45) is 1.94. The number of aromatic nitrogens is 2. The number of fused-ring (bicyclic) bond motifs is 1. The van der Waals surface area contributed by atoms with Gasteiger partial charge in [0.05, 0.1) is 5.69 Å². The molecule has 0 aliphatic carbocycles. The van der Waals surface area contributed by atoms with Gasteiger partial charge >= 0.3 is 0 Å². The molecule has 6 heteroatoms. The van der Waals surface area contributed by atoms with E-state index in [-0.39, 0.29) is 5.82 Å². The van der Waals surface area contributed by atoms with Gasteiger partial charge < -0.3 is 14.4 Å². The Morgan fingerprint density at radius 2 is 1.95 bits per heavy atom. The lowest BCUT2D eigenvalue weighted by Gasteiger charge is -2.22. The third kappa shape index (κ3) is 2.81. The Labute approximate surface area is 128 Å². The molecule has 5 nitrogen and oxygen atoms in total.